The molecule has 2 spiro atoms. The minimum Gasteiger partial charge on any atom is -0.449 e. The van der Waals surface area contributed by atoms with Gasteiger partial charge in [-0.1, -0.05) is 33.1 Å². The van der Waals surface area contributed by atoms with Crippen molar-refractivity contribution in [2.45, 2.75) is 50.6 Å². The van der Waals surface area contributed by atoms with Crippen molar-refractivity contribution in [1.82, 2.24) is 4.90 Å². The van der Waals surface area contributed by atoms with Crippen molar-refractivity contribution >= 4 is 297 Å². The van der Waals surface area contributed by atoms with Crippen LogP contribution in [0.4, 0.5) is 4.79 Å². The zero-order chi connectivity index (χ0) is 43.5. The Hall–Kier alpha value is -8.27. The molecule has 5 aliphatic rings. The first-order chi connectivity index (χ1) is 35.8. The van der Waals surface area contributed by atoms with Gasteiger partial charge in [0.1, 0.15) is 11.1 Å². The number of benzene rings is 18. The third kappa shape index (κ3) is 1.50. The monoisotopic (exact) mass is 891 g/mol. The van der Waals surface area contributed by atoms with Crippen LogP contribution in [0.25, 0.3) is 291 Å². The van der Waals surface area contributed by atoms with E-state index in [1.165, 1.54) is 78.2 Å². The van der Waals surface area contributed by atoms with Crippen molar-refractivity contribution < 1.29 is 9.53 Å². The third-order valence-corrected chi connectivity index (χ3v) is 26.0. The fourth-order valence-electron chi connectivity index (χ4n) is 25.4. The molecule has 1 aliphatic heterocycles. The molecule has 0 saturated carbocycles. The van der Waals surface area contributed by atoms with Gasteiger partial charge < -0.3 is 4.74 Å². The van der Waals surface area contributed by atoms with Gasteiger partial charge in [-0.05, 0) is 303 Å². The Labute approximate surface area is 394 Å². The molecule has 1 unspecified atom stereocenters. The summed E-state index contributed by atoms with van der Waals surface area (Å²) >= 11 is 0. The van der Waals surface area contributed by atoms with Crippen molar-refractivity contribution in [2.24, 2.45) is 5.92 Å². The zero-order valence-corrected chi connectivity index (χ0v) is 37.9. The van der Waals surface area contributed by atoms with Crippen molar-refractivity contribution in [2.75, 3.05) is 6.61 Å². The van der Waals surface area contributed by atoms with E-state index in [4.69, 9.17) is 4.74 Å². The second-order valence-corrected chi connectivity index (χ2v) is 26.5. The second kappa shape index (κ2) is 6.44. The van der Waals surface area contributed by atoms with Gasteiger partial charge >= 0.3 is 6.09 Å². The Kier molecular flexibility index (Phi) is 2.50. The van der Waals surface area contributed by atoms with Gasteiger partial charge in [0.2, 0.25) is 0 Å². The van der Waals surface area contributed by atoms with Crippen LogP contribution in [0.2, 0.25) is 0 Å². The lowest BCUT2D eigenvalue weighted by molar-refractivity contribution is 0.101. The van der Waals surface area contributed by atoms with E-state index in [1.807, 2.05) is 0 Å². The number of carbonyl (C=O) groups excluding carboxylic acids is 1. The van der Waals surface area contributed by atoms with Crippen LogP contribution < -0.4 is 0 Å². The van der Waals surface area contributed by atoms with Crippen molar-refractivity contribution in [1.29, 1.82) is 0 Å². The maximum absolute atomic E-state index is 16.5. The van der Waals surface area contributed by atoms with Crippen LogP contribution in [-0.4, -0.2) is 17.6 Å². The lowest BCUT2D eigenvalue weighted by atomic mass is 9.68. The Bertz CT molecular complexity index is 6660. The molecule has 0 radical (unpaired) electrons. The van der Waals surface area contributed by atoms with Crippen LogP contribution in [0, 0.1) is 5.92 Å². The molecule has 4 aliphatic carbocycles. The van der Waals surface area contributed by atoms with E-state index in [-0.39, 0.29) is 6.09 Å². The fourth-order valence-corrected chi connectivity index (χ4v) is 25.4. The number of ether oxygens (including phenoxy) is 1. The van der Waals surface area contributed by atoms with Crippen LogP contribution in [0.5, 0.6) is 0 Å². The first-order valence-corrected chi connectivity index (χ1v) is 27.5. The summed E-state index contributed by atoms with van der Waals surface area (Å²) in [6.45, 7) is 5.09. The third-order valence-electron chi connectivity index (χ3n) is 26.0. The first kappa shape index (κ1) is 27.9. The number of unbranched alkanes of at least 4 members (excludes halogenated alkanes) is 1. The van der Waals surface area contributed by atoms with E-state index in [0.29, 0.717) is 12.5 Å². The van der Waals surface area contributed by atoms with E-state index in [1.54, 1.807) is 248 Å². The Morgan fingerprint density at radius 2 is 0.500 bits per heavy atom. The number of nitrogens with zero attached hydrogens (tertiary/aromatic N) is 1. The SMILES string of the molecule is CCCCC(CC)COC(=O)N1C23c4c5c6c7c8c9c(c%10c%11c2c2c4c4c%12c5c5c6c6c8c8c%13c9c9c%10c%10c%11c%11c2c2c4c4c%12c%12c5c5c6c8c6c8c%13c9c9c%10c%10c%11c2c2c4c4c%12c5c6c5c8c9c%10c2c45)C713. The molecular weight excluding hydrogens is 875 g/mol. The Morgan fingerprint density at radius 3 is 0.667 bits per heavy atom. The van der Waals surface area contributed by atoms with Gasteiger partial charge in [0.15, 0.2) is 0 Å². The highest BCUT2D eigenvalue weighted by Crippen LogP contribution is 2.90. The van der Waals surface area contributed by atoms with Crippen LogP contribution in [0.15, 0.2) is 0 Å². The van der Waals surface area contributed by atoms with Crippen molar-refractivity contribution in [3.63, 3.8) is 0 Å². The molecule has 28 aromatic carbocycles. The van der Waals surface area contributed by atoms with E-state index in [0.717, 1.165) is 12.8 Å². The maximum Gasteiger partial charge on any atom is 0.412 e. The Morgan fingerprint density at radius 1 is 0.319 bits per heavy atom. The van der Waals surface area contributed by atoms with E-state index < -0.39 is 11.1 Å². The first-order valence-electron chi connectivity index (χ1n) is 27.5. The number of carbonyl (C=O) groups is 1. The van der Waals surface area contributed by atoms with Gasteiger partial charge in [0.05, 0.1) is 6.61 Å². The topological polar surface area (TPSA) is 29.3 Å². The number of rotatable bonds is 6. The van der Waals surface area contributed by atoms with Crippen LogP contribution >= 0.6 is 0 Å². The molecule has 0 aromatic heterocycles. The smallest absolute Gasteiger partial charge is 0.412 e. The minimum absolute atomic E-state index is 0.0695. The molecular formula is C69H17NO2. The number of hydrogen-bond donors (Lipinski definition) is 0. The molecule has 33 rings (SSSR count). The zero-order valence-electron chi connectivity index (χ0n) is 37.9. The molecule has 1 amide bonds. The summed E-state index contributed by atoms with van der Waals surface area (Å²) in [5.74, 6) is 0.368. The molecule has 1 fully saturated rings. The average molecular weight is 892 g/mol. The summed E-state index contributed by atoms with van der Waals surface area (Å²) in [6.07, 6.45) is 4.42. The Balaban J connectivity index is 1.07. The van der Waals surface area contributed by atoms with Gasteiger partial charge in [-0.25, -0.2) is 4.79 Å². The summed E-state index contributed by atoms with van der Waals surface area (Å²) in [5.41, 5.74) is 4.70. The molecule has 72 heavy (non-hydrogen) atoms. The molecule has 28 aromatic rings. The molecule has 1 atom stereocenters. The van der Waals surface area contributed by atoms with E-state index in [2.05, 4.69) is 18.7 Å². The molecule has 0 N–H and O–H groups in total. The van der Waals surface area contributed by atoms with Crippen molar-refractivity contribution in [3.8, 4) is 0 Å². The molecule has 3 heteroatoms. The quantitative estimate of drug-likeness (QED) is 0.123. The predicted molar refractivity (Wildman–Crippen MR) is 300 cm³/mol. The van der Waals surface area contributed by atoms with Gasteiger partial charge in [-0.3, -0.25) is 4.90 Å². The normalized spacial score (nSPS) is 22.4. The lowest BCUT2D eigenvalue weighted by Gasteiger charge is -2.29. The van der Waals surface area contributed by atoms with Crippen LogP contribution in [-0.2, 0) is 15.8 Å². The van der Waals surface area contributed by atoms with Gasteiger partial charge in [-0.2, -0.15) is 0 Å². The molecule has 0 bridgehead atoms. The molecule has 3 nitrogen and oxygen atoms in total. The van der Waals surface area contributed by atoms with E-state index >= 15 is 4.79 Å². The van der Waals surface area contributed by atoms with Gasteiger partial charge in [0.25, 0.3) is 0 Å². The summed E-state index contributed by atoms with van der Waals surface area (Å²) in [7, 11) is 0. The highest BCUT2D eigenvalue weighted by Gasteiger charge is 2.88. The highest BCUT2D eigenvalue weighted by molar-refractivity contribution is 6.82. The largest absolute Gasteiger partial charge is 0.449 e. The summed E-state index contributed by atoms with van der Waals surface area (Å²) in [6, 6.07) is 0. The van der Waals surface area contributed by atoms with Gasteiger partial charge in [0, 0.05) is 22.3 Å². The molecule has 1 heterocycles. The second-order valence-electron chi connectivity index (χ2n) is 26.5. The standard InChI is InChI=1S/C69H17NO2/c1-3-5-6-8(4-2)7-72-67(71)70-68-63-55-47-37-27-19-11-9-10-13-17-15(11)23-31-25(17)35-29-21(13)22-14(10)18-16-12(9)20(19)28-34-24(16)32-26(18)36-30(22)40-39(29)49-43(35)53-45(31)51(41(47)33(23)27)59(63)61(53)65-57(49)58-50(40)44(36)54-46(32)52-42(34)48(38(28)37)56(55)64(68)60(52)62(54)66(58)69(65,68)70/h8H,3-7H2,1-2H3. The van der Waals surface area contributed by atoms with Crippen LogP contribution in [0.1, 0.15) is 61.8 Å². The minimum atomic E-state index is -0.666. The van der Waals surface area contributed by atoms with E-state index in [9.17, 15) is 0 Å². The van der Waals surface area contributed by atoms with Gasteiger partial charge in [-0.15, -0.1) is 0 Å². The fraction of sp³-hybridized carbons (Fsp3) is 0.145. The molecule has 310 valence electrons. The summed E-state index contributed by atoms with van der Waals surface area (Å²) < 4.78 is 7.04. The molecule has 1 saturated heterocycles. The maximum atomic E-state index is 16.5. The predicted octanol–water partition coefficient (Wildman–Crippen LogP) is 18.9. The summed E-state index contributed by atoms with van der Waals surface area (Å²) in [5, 5.41) is 85.6. The summed E-state index contributed by atoms with van der Waals surface area (Å²) in [4.78, 5) is 19.0. The number of hydrogen-bond acceptors (Lipinski definition) is 2. The van der Waals surface area contributed by atoms with Crippen molar-refractivity contribution in [3.05, 3.63) is 22.3 Å². The van der Waals surface area contributed by atoms with Crippen LogP contribution in [0.3, 0.4) is 0 Å². The highest BCUT2D eigenvalue weighted by atomic mass is 16.6. The lowest BCUT2D eigenvalue weighted by Crippen LogP contribution is -2.27. The average Bonchev–Trinajstić information content (AvgIpc) is 4.29. The number of amides is 1.